The van der Waals surface area contributed by atoms with Crippen LogP contribution in [0.15, 0.2) is 17.1 Å². The van der Waals surface area contributed by atoms with E-state index in [1.165, 1.54) is 24.2 Å². The Hall–Kier alpha value is -2.71. The summed E-state index contributed by atoms with van der Waals surface area (Å²) in [6.07, 6.45) is 11.7. The van der Waals surface area contributed by atoms with E-state index < -0.39 is 0 Å². The molecule has 2 N–H and O–H groups in total. The lowest BCUT2D eigenvalue weighted by Gasteiger charge is -2.18. The number of aromatic nitrogens is 3. The lowest BCUT2D eigenvalue weighted by atomic mass is 9.85. The largest absolute Gasteiger partial charge is 0.356 e. The maximum absolute atomic E-state index is 12.8. The predicted molar refractivity (Wildman–Crippen MR) is 120 cm³/mol. The summed E-state index contributed by atoms with van der Waals surface area (Å²) in [6, 6.07) is 0. The van der Waals surface area contributed by atoms with Crippen molar-refractivity contribution in [3.05, 3.63) is 23.8 Å². The van der Waals surface area contributed by atoms with Gasteiger partial charge >= 0.3 is 0 Å². The number of imide groups is 1. The van der Waals surface area contributed by atoms with Crippen molar-refractivity contribution in [3.8, 4) is 0 Å². The van der Waals surface area contributed by atoms with Gasteiger partial charge in [-0.05, 0) is 37.5 Å². The number of aliphatic imine (C=N–C) groups is 1. The third-order valence-corrected chi connectivity index (χ3v) is 7.47. The second-order valence-corrected chi connectivity index (χ2v) is 9.35. The number of likely N-dealkylation sites (tertiary alicyclic amines) is 1. The van der Waals surface area contributed by atoms with Crippen LogP contribution in [-0.4, -0.2) is 64.1 Å². The van der Waals surface area contributed by atoms with Crippen LogP contribution in [0.4, 0.5) is 0 Å². The number of carbonyl (C=O) groups excluding carboxylic acids is 2. The molecule has 1 saturated carbocycles. The fourth-order valence-corrected chi connectivity index (χ4v) is 5.87. The van der Waals surface area contributed by atoms with Crippen molar-refractivity contribution in [2.45, 2.75) is 51.5 Å². The number of rotatable bonds is 7. The minimum Gasteiger partial charge on any atom is -0.356 e. The standard InChI is InChI=1S/C23H33N7O2/c1-24-23(25-10-5-7-18-28-27-17-6-3-2-4-12-29(17)18)26-11-13-30-21(31)19-15-8-9-16(14-15)20(19)22(30)32/h8-9,15-16,19-20H,2-7,10-14H2,1H3,(H2,24,25,26). The van der Waals surface area contributed by atoms with Gasteiger partial charge in [-0.25, -0.2) is 0 Å². The van der Waals surface area contributed by atoms with E-state index in [1.807, 2.05) is 0 Å². The van der Waals surface area contributed by atoms with Gasteiger partial charge in [0.05, 0.1) is 11.8 Å². The molecule has 1 saturated heterocycles. The quantitative estimate of drug-likeness (QED) is 0.215. The minimum absolute atomic E-state index is 0.00837. The number of nitrogens with zero attached hydrogens (tertiary/aromatic N) is 5. The maximum atomic E-state index is 12.8. The van der Waals surface area contributed by atoms with Gasteiger partial charge in [0.2, 0.25) is 11.8 Å². The third kappa shape index (κ3) is 3.82. The van der Waals surface area contributed by atoms with Crippen LogP contribution in [0.3, 0.4) is 0 Å². The summed E-state index contributed by atoms with van der Waals surface area (Å²) < 4.78 is 2.29. The molecule has 0 spiro atoms. The smallest absolute Gasteiger partial charge is 0.233 e. The van der Waals surface area contributed by atoms with Gasteiger partial charge in [-0.3, -0.25) is 19.5 Å². The molecule has 0 radical (unpaired) electrons. The van der Waals surface area contributed by atoms with Crippen LogP contribution in [0.5, 0.6) is 0 Å². The summed E-state index contributed by atoms with van der Waals surface area (Å²) in [5.74, 6) is 3.18. The molecule has 3 heterocycles. The molecule has 0 aromatic carbocycles. The Kier molecular flexibility index (Phi) is 5.97. The third-order valence-electron chi connectivity index (χ3n) is 7.47. The highest BCUT2D eigenvalue weighted by molar-refractivity contribution is 6.06. The number of nitrogens with one attached hydrogen (secondary N) is 2. The Labute approximate surface area is 188 Å². The highest BCUT2D eigenvalue weighted by Crippen LogP contribution is 2.52. The molecule has 2 aliphatic heterocycles. The number of hydrogen-bond acceptors (Lipinski definition) is 5. The van der Waals surface area contributed by atoms with Gasteiger partial charge in [-0.1, -0.05) is 18.6 Å². The molecule has 1 aromatic heterocycles. The second kappa shape index (κ2) is 9.03. The van der Waals surface area contributed by atoms with Gasteiger partial charge in [0.15, 0.2) is 5.96 Å². The molecule has 172 valence electrons. The fourth-order valence-electron chi connectivity index (χ4n) is 5.87. The summed E-state index contributed by atoms with van der Waals surface area (Å²) in [7, 11) is 1.73. The fraction of sp³-hybridized carbons (Fsp3) is 0.696. The van der Waals surface area contributed by atoms with Crippen molar-refractivity contribution in [3.63, 3.8) is 0 Å². The molecular formula is C23H33N7O2. The highest BCUT2D eigenvalue weighted by atomic mass is 16.2. The van der Waals surface area contributed by atoms with E-state index in [0.29, 0.717) is 19.0 Å². The SMILES string of the molecule is CN=C(NCCCc1nnc2n1CCCCC2)NCCN1C(=O)C2C3C=CC(C3)C2C1=O. The van der Waals surface area contributed by atoms with E-state index in [0.717, 1.165) is 50.4 Å². The summed E-state index contributed by atoms with van der Waals surface area (Å²) in [5.41, 5.74) is 0. The Balaban J connectivity index is 1.04. The van der Waals surface area contributed by atoms with E-state index in [2.05, 4.69) is 42.5 Å². The van der Waals surface area contributed by atoms with E-state index in [1.54, 1.807) is 7.05 Å². The topological polar surface area (TPSA) is 105 Å². The van der Waals surface area contributed by atoms with Gasteiger partial charge in [-0.15, -0.1) is 10.2 Å². The van der Waals surface area contributed by atoms with Crippen LogP contribution in [0.1, 0.15) is 43.8 Å². The molecule has 2 aliphatic carbocycles. The van der Waals surface area contributed by atoms with Crippen molar-refractivity contribution >= 4 is 17.8 Å². The summed E-state index contributed by atoms with van der Waals surface area (Å²) >= 11 is 0. The average molecular weight is 440 g/mol. The molecule has 9 nitrogen and oxygen atoms in total. The summed E-state index contributed by atoms with van der Waals surface area (Å²) in [4.78, 5) is 31.2. The minimum atomic E-state index is -0.123. The van der Waals surface area contributed by atoms with Crippen LogP contribution in [0, 0.1) is 23.7 Å². The summed E-state index contributed by atoms with van der Waals surface area (Å²) in [6.45, 7) is 2.68. The normalized spacial score (nSPS) is 28.8. The summed E-state index contributed by atoms with van der Waals surface area (Å²) in [5, 5.41) is 15.3. The molecule has 5 rings (SSSR count). The Bertz CT molecular complexity index is 907. The average Bonchev–Trinajstić information content (AvgIpc) is 3.52. The number of allylic oxidation sites excluding steroid dienone is 2. The van der Waals surface area contributed by atoms with Crippen molar-refractivity contribution in [1.29, 1.82) is 0 Å². The Morgan fingerprint density at radius 3 is 2.56 bits per heavy atom. The van der Waals surface area contributed by atoms with E-state index >= 15 is 0 Å². The van der Waals surface area contributed by atoms with E-state index in [9.17, 15) is 9.59 Å². The van der Waals surface area contributed by atoms with Crippen LogP contribution < -0.4 is 10.6 Å². The van der Waals surface area contributed by atoms with Gasteiger partial charge in [0, 0.05) is 46.1 Å². The monoisotopic (exact) mass is 439 g/mol. The predicted octanol–water partition coefficient (Wildman–Crippen LogP) is 0.909. The molecule has 4 atom stereocenters. The lowest BCUT2D eigenvalue weighted by molar-refractivity contribution is -0.140. The number of amides is 2. The van der Waals surface area contributed by atoms with Crippen molar-refractivity contribution < 1.29 is 9.59 Å². The van der Waals surface area contributed by atoms with Gasteiger partial charge < -0.3 is 15.2 Å². The second-order valence-electron chi connectivity index (χ2n) is 9.35. The van der Waals surface area contributed by atoms with Crippen molar-refractivity contribution in [2.75, 3.05) is 26.7 Å². The van der Waals surface area contributed by atoms with Crippen LogP contribution in [-0.2, 0) is 29.0 Å². The molecule has 2 bridgehead atoms. The maximum Gasteiger partial charge on any atom is 0.233 e. The zero-order valence-electron chi connectivity index (χ0n) is 18.8. The lowest BCUT2D eigenvalue weighted by Crippen LogP contribution is -2.44. The molecule has 1 aromatic rings. The van der Waals surface area contributed by atoms with E-state index in [4.69, 9.17) is 0 Å². The molecular weight excluding hydrogens is 406 g/mol. The van der Waals surface area contributed by atoms with E-state index in [-0.39, 0.29) is 35.5 Å². The zero-order chi connectivity index (χ0) is 22.1. The molecule has 4 unspecified atom stereocenters. The van der Waals surface area contributed by atoms with Crippen molar-refractivity contribution in [1.82, 2.24) is 30.3 Å². The first-order valence-electron chi connectivity index (χ1n) is 12.1. The van der Waals surface area contributed by atoms with Crippen LogP contribution in [0.2, 0.25) is 0 Å². The van der Waals surface area contributed by atoms with Gasteiger partial charge in [-0.2, -0.15) is 0 Å². The van der Waals surface area contributed by atoms with Gasteiger partial charge in [0.25, 0.3) is 0 Å². The van der Waals surface area contributed by atoms with Crippen molar-refractivity contribution in [2.24, 2.45) is 28.7 Å². The number of guanidine groups is 1. The first kappa shape index (κ1) is 21.2. The first-order valence-corrected chi connectivity index (χ1v) is 12.1. The van der Waals surface area contributed by atoms with Crippen LogP contribution in [0.25, 0.3) is 0 Å². The Morgan fingerprint density at radius 2 is 1.81 bits per heavy atom. The molecule has 32 heavy (non-hydrogen) atoms. The number of fused-ring (bicyclic) bond motifs is 6. The number of aryl methyl sites for hydroxylation is 2. The number of hydrogen-bond donors (Lipinski definition) is 2. The highest BCUT2D eigenvalue weighted by Gasteiger charge is 2.58. The van der Waals surface area contributed by atoms with Gasteiger partial charge in [0.1, 0.15) is 11.6 Å². The first-order chi connectivity index (χ1) is 15.7. The molecule has 4 aliphatic rings. The number of carbonyl (C=O) groups is 2. The molecule has 2 amide bonds. The molecule has 9 heteroatoms. The molecule has 2 fully saturated rings. The Morgan fingerprint density at radius 1 is 1.06 bits per heavy atom. The van der Waals surface area contributed by atoms with Crippen LogP contribution >= 0.6 is 0 Å². The zero-order valence-corrected chi connectivity index (χ0v) is 18.8.